The third kappa shape index (κ3) is 2.62. The third-order valence-corrected chi connectivity index (χ3v) is 7.39. The van der Waals surface area contributed by atoms with E-state index < -0.39 is 0 Å². The first-order chi connectivity index (χ1) is 9.76. The molecule has 1 saturated carbocycles. The van der Waals surface area contributed by atoms with Crippen LogP contribution in [0.25, 0.3) is 0 Å². The largest absolute Gasteiger partial charge is 0.396 e. The molecule has 2 aromatic carbocycles. The van der Waals surface area contributed by atoms with Crippen molar-refractivity contribution < 1.29 is 5.11 Å². The Bertz CT molecular complexity index is 514. The van der Waals surface area contributed by atoms with Crippen molar-refractivity contribution in [3.63, 3.8) is 0 Å². The molecule has 2 unspecified atom stereocenters. The quantitative estimate of drug-likeness (QED) is 0.820. The Labute approximate surface area is 128 Å². The first-order valence-electron chi connectivity index (χ1n) is 6.85. The molecule has 0 aromatic heterocycles. The molecule has 0 amide bonds. The highest BCUT2D eigenvalue weighted by atomic mass is 32.2. The molecular weight excluding hydrogens is 284 g/mol. The van der Waals surface area contributed by atoms with Gasteiger partial charge in [-0.3, -0.25) is 0 Å². The van der Waals surface area contributed by atoms with Crippen molar-refractivity contribution in [2.45, 2.75) is 20.8 Å². The van der Waals surface area contributed by atoms with Crippen molar-refractivity contribution in [1.29, 1.82) is 0 Å². The van der Waals surface area contributed by atoms with Gasteiger partial charge in [0.1, 0.15) is 0 Å². The van der Waals surface area contributed by atoms with Crippen molar-refractivity contribution >= 4 is 23.5 Å². The van der Waals surface area contributed by atoms with Crippen LogP contribution in [-0.4, -0.2) is 15.8 Å². The van der Waals surface area contributed by atoms with Crippen LogP contribution in [0.5, 0.6) is 0 Å². The van der Waals surface area contributed by atoms with Crippen LogP contribution in [0.4, 0.5) is 0 Å². The molecule has 1 aliphatic rings. The number of benzene rings is 2. The summed E-state index contributed by atoms with van der Waals surface area (Å²) in [4.78, 5) is 2.55. The normalized spacial score (nSPS) is 23.5. The summed E-state index contributed by atoms with van der Waals surface area (Å²) in [7, 11) is 0. The Morgan fingerprint density at radius 2 is 1.35 bits per heavy atom. The van der Waals surface area contributed by atoms with Gasteiger partial charge in [0, 0.05) is 22.3 Å². The predicted octanol–water partition coefficient (Wildman–Crippen LogP) is 4.53. The van der Waals surface area contributed by atoms with Gasteiger partial charge in [-0.25, -0.2) is 0 Å². The molecule has 3 heteroatoms. The van der Waals surface area contributed by atoms with Gasteiger partial charge >= 0.3 is 0 Å². The van der Waals surface area contributed by atoms with E-state index in [9.17, 15) is 5.11 Å². The first kappa shape index (κ1) is 14.1. The van der Waals surface area contributed by atoms with Crippen molar-refractivity contribution in [2.75, 3.05) is 6.61 Å². The molecule has 0 spiro atoms. The zero-order valence-corrected chi connectivity index (χ0v) is 13.0. The summed E-state index contributed by atoms with van der Waals surface area (Å²) in [5.74, 6) is 0.876. The van der Waals surface area contributed by atoms with Gasteiger partial charge in [0.2, 0.25) is 0 Å². The predicted molar refractivity (Wildman–Crippen MR) is 87.1 cm³/mol. The standard InChI is InChI=1S/C17H18OS2/c1-13-16(12-18)17(13,19-14-8-4-2-5-9-14)20-15-10-6-3-7-11-15/h2-11,13,16,18H,12H2,1H3. The Morgan fingerprint density at radius 1 is 0.900 bits per heavy atom. The Morgan fingerprint density at radius 3 is 1.70 bits per heavy atom. The lowest BCUT2D eigenvalue weighted by Crippen LogP contribution is -2.04. The molecule has 2 atom stereocenters. The summed E-state index contributed by atoms with van der Waals surface area (Å²) in [6, 6.07) is 21.0. The molecule has 20 heavy (non-hydrogen) atoms. The summed E-state index contributed by atoms with van der Waals surface area (Å²) in [6.07, 6.45) is 0. The fraction of sp³-hybridized carbons (Fsp3) is 0.294. The van der Waals surface area contributed by atoms with E-state index in [4.69, 9.17) is 0 Å². The Balaban J connectivity index is 1.83. The first-order valence-corrected chi connectivity index (χ1v) is 8.48. The molecule has 0 aliphatic heterocycles. The van der Waals surface area contributed by atoms with Crippen LogP contribution in [-0.2, 0) is 0 Å². The highest BCUT2D eigenvalue weighted by molar-refractivity contribution is 8.18. The van der Waals surface area contributed by atoms with Crippen LogP contribution in [0.2, 0.25) is 0 Å². The summed E-state index contributed by atoms with van der Waals surface area (Å²) in [5.41, 5.74) is 0. The highest BCUT2D eigenvalue weighted by Gasteiger charge is 2.63. The summed E-state index contributed by atoms with van der Waals surface area (Å²) in [6.45, 7) is 2.51. The minimum absolute atomic E-state index is 0.0669. The summed E-state index contributed by atoms with van der Waals surface area (Å²) < 4.78 is 0.0669. The Kier molecular flexibility index (Phi) is 4.11. The monoisotopic (exact) mass is 302 g/mol. The van der Waals surface area contributed by atoms with E-state index in [1.54, 1.807) is 0 Å². The molecule has 3 rings (SSSR count). The molecule has 2 aromatic rings. The van der Waals surface area contributed by atoms with E-state index in [1.165, 1.54) is 9.79 Å². The van der Waals surface area contributed by atoms with Gasteiger partial charge in [-0.15, -0.1) is 23.5 Å². The number of thioether (sulfide) groups is 2. The van der Waals surface area contributed by atoms with Crippen molar-refractivity contribution in [3.05, 3.63) is 60.7 Å². The summed E-state index contributed by atoms with van der Waals surface area (Å²) >= 11 is 3.79. The minimum atomic E-state index is 0.0669. The van der Waals surface area contributed by atoms with Crippen molar-refractivity contribution in [2.24, 2.45) is 11.8 Å². The van der Waals surface area contributed by atoms with Crippen LogP contribution in [0.1, 0.15) is 6.92 Å². The van der Waals surface area contributed by atoms with Crippen LogP contribution in [0.15, 0.2) is 70.5 Å². The van der Waals surface area contributed by atoms with Gasteiger partial charge in [-0.05, 0) is 30.2 Å². The molecule has 1 fully saturated rings. The van der Waals surface area contributed by atoms with E-state index in [0.29, 0.717) is 11.8 Å². The van der Waals surface area contributed by atoms with E-state index >= 15 is 0 Å². The van der Waals surface area contributed by atoms with Gasteiger partial charge in [-0.2, -0.15) is 0 Å². The lowest BCUT2D eigenvalue weighted by molar-refractivity contribution is 0.270. The van der Waals surface area contributed by atoms with Crippen molar-refractivity contribution in [1.82, 2.24) is 0 Å². The van der Waals surface area contributed by atoms with Crippen LogP contribution >= 0.6 is 23.5 Å². The van der Waals surface area contributed by atoms with Crippen LogP contribution in [0, 0.1) is 11.8 Å². The molecule has 104 valence electrons. The van der Waals surface area contributed by atoms with E-state index in [0.717, 1.165) is 0 Å². The molecule has 0 heterocycles. The lowest BCUT2D eigenvalue weighted by Gasteiger charge is -2.17. The number of aliphatic hydroxyl groups is 1. The maximum atomic E-state index is 9.64. The van der Waals surface area contributed by atoms with Gasteiger partial charge in [0.15, 0.2) is 0 Å². The molecule has 1 aliphatic carbocycles. The third-order valence-electron chi connectivity index (χ3n) is 3.88. The molecule has 1 nitrogen and oxygen atoms in total. The zero-order chi connectivity index (χ0) is 14.0. The molecule has 1 N–H and O–H groups in total. The topological polar surface area (TPSA) is 20.2 Å². The fourth-order valence-corrected chi connectivity index (χ4v) is 6.06. The lowest BCUT2D eigenvalue weighted by atomic mass is 10.4. The molecular formula is C17H18OS2. The maximum absolute atomic E-state index is 9.64. The minimum Gasteiger partial charge on any atom is -0.396 e. The SMILES string of the molecule is CC1C(CO)C1(Sc1ccccc1)Sc1ccccc1. The highest BCUT2D eigenvalue weighted by Crippen LogP contribution is 2.69. The number of rotatable bonds is 5. The van der Waals surface area contributed by atoms with E-state index in [-0.39, 0.29) is 10.7 Å². The fourth-order valence-electron chi connectivity index (χ4n) is 2.57. The van der Waals surface area contributed by atoms with E-state index in [2.05, 4.69) is 55.5 Å². The second-order valence-electron chi connectivity index (χ2n) is 5.13. The summed E-state index contributed by atoms with van der Waals surface area (Å²) in [5, 5.41) is 9.64. The molecule has 0 bridgehead atoms. The molecule has 0 radical (unpaired) electrons. The maximum Gasteiger partial charge on any atom is 0.0787 e. The number of hydrogen-bond acceptors (Lipinski definition) is 3. The van der Waals surface area contributed by atoms with E-state index in [1.807, 2.05) is 35.7 Å². The average molecular weight is 302 g/mol. The number of hydrogen-bond donors (Lipinski definition) is 1. The second kappa shape index (κ2) is 5.84. The smallest absolute Gasteiger partial charge is 0.0787 e. The van der Waals surface area contributed by atoms with Gasteiger partial charge < -0.3 is 5.11 Å². The average Bonchev–Trinajstić information content (AvgIpc) is 3.03. The second-order valence-corrected chi connectivity index (χ2v) is 8.09. The Hall–Kier alpha value is -0.900. The van der Waals surface area contributed by atoms with Crippen molar-refractivity contribution in [3.8, 4) is 0 Å². The van der Waals surface area contributed by atoms with Gasteiger partial charge in [0.25, 0.3) is 0 Å². The number of aliphatic hydroxyl groups excluding tert-OH is 1. The van der Waals surface area contributed by atoms with Gasteiger partial charge in [0.05, 0.1) is 4.08 Å². The van der Waals surface area contributed by atoms with Gasteiger partial charge in [-0.1, -0.05) is 43.3 Å². The molecule has 0 saturated heterocycles. The zero-order valence-electron chi connectivity index (χ0n) is 11.4. The van der Waals surface area contributed by atoms with Crippen LogP contribution < -0.4 is 0 Å². The van der Waals surface area contributed by atoms with Crippen LogP contribution in [0.3, 0.4) is 0 Å².